The van der Waals surface area contributed by atoms with Crippen molar-refractivity contribution in [3.8, 4) is 0 Å². The standard InChI is InChI=1S/C20H26N4O.C2HF3O2/c1-15-4-6-16(7-5-15)11-24-9-8-20(13-24)14-25-12-17-10-21-19(23(2)3)22-18(17)20;3-2(4,5)1(6)7/h4-7,10H,8-9,11-14H2,1-3H3;(H,6,7). The van der Waals surface area contributed by atoms with Crippen molar-refractivity contribution in [2.24, 2.45) is 0 Å². The number of carboxylic acid groups (broad SMARTS) is 1. The van der Waals surface area contributed by atoms with Crippen LogP contribution in [0.1, 0.15) is 28.8 Å². The Morgan fingerprint density at radius 3 is 2.53 bits per heavy atom. The first kappa shape index (κ1) is 23.9. The first-order chi connectivity index (χ1) is 15.0. The zero-order chi connectivity index (χ0) is 23.5. The van der Waals surface area contributed by atoms with Gasteiger partial charge in [-0.05, 0) is 25.5 Å². The second kappa shape index (κ2) is 9.41. The number of anilines is 1. The van der Waals surface area contributed by atoms with E-state index in [1.54, 1.807) is 0 Å². The van der Waals surface area contributed by atoms with Crippen molar-refractivity contribution >= 4 is 11.9 Å². The van der Waals surface area contributed by atoms with Crippen LogP contribution in [0.2, 0.25) is 0 Å². The number of likely N-dealkylation sites (tertiary alicyclic amines) is 1. The largest absolute Gasteiger partial charge is 0.490 e. The molecule has 0 radical (unpaired) electrons. The van der Waals surface area contributed by atoms with Crippen LogP contribution >= 0.6 is 0 Å². The van der Waals surface area contributed by atoms with Gasteiger partial charge in [-0.2, -0.15) is 13.2 Å². The van der Waals surface area contributed by atoms with E-state index in [0.29, 0.717) is 6.61 Å². The Hall–Kier alpha value is -2.72. The molecule has 0 bridgehead atoms. The maximum absolute atomic E-state index is 10.6. The number of carboxylic acids is 1. The highest BCUT2D eigenvalue weighted by Crippen LogP contribution is 2.39. The van der Waals surface area contributed by atoms with Crippen LogP contribution in [-0.4, -0.2) is 65.9 Å². The molecule has 2 aliphatic rings. The van der Waals surface area contributed by atoms with Crippen molar-refractivity contribution in [1.29, 1.82) is 0 Å². The molecule has 3 heterocycles. The summed E-state index contributed by atoms with van der Waals surface area (Å²) in [6.07, 6.45) is -2.04. The fourth-order valence-electron chi connectivity index (χ4n) is 3.96. The molecule has 2 aromatic rings. The van der Waals surface area contributed by atoms with Gasteiger partial charge in [0.25, 0.3) is 0 Å². The van der Waals surface area contributed by atoms with Gasteiger partial charge in [0.2, 0.25) is 5.95 Å². The fraction of sp³-hybridized carbons (Fsp3) is 0.500. The highest BCUT2D eigenvalue weighted by Gasteiger charge is 2.45. The molecule has 4 rings (SSSR count). The maximum atomic E-state index is 10.6. The van der Waals surface area contributed by atoms with Gasteiger partial charge < -0.3 is 14.7 Å². The molecule has 7 nitrogen and oxygen atoms in total. The molecule has 174 valence electrons. The molecule has 2 aliphatic heterocycles. The zero-order valence-electron chi connectivity index (χ0n) is 18.3. The Morgan fingerprint density at radius 2 is 1.94 bits per heavy atom. The first-order valence-corrected chi connectivity index (χ1v) is 10.2. The summed E-state index contributed by atoms with van der Waals surface area (Å²) in [5, 5.41) is 7.12. The molecule has 1 aromatic carbocycles. The number of ether oxygens (including phenoxy) is 1. The minimum atomic E-state index is -5.08. The number of nitrogens with zero attached hydrogens (tertiary/aromatic N) is 4. The Bertz CT molecular complexity index is 950. The van der Waals surface area contributed by atoms with Crippen molar-refractivity contribution in [2.75, 3.05) is 38.7 Å². The molecule has 1 aromatic heterocycles. The average Bonchev–Trinajstić information content (AvgIpc) is 3.12. The predicted octanol–water partition coefficient (Wildman–Crippen LogP) is 3.16. The summed E-state index contributed by atoms with van der Waals surface area (Å²) in [6.45, 7) is 6.59. The SMILES string of the molecule is Cc1ccc(CN2CCC3(COCc4cnc(N(C)C)nc43)C2)cc1.O=C(O)C(F)(F)F. The van der Waals surface area contributed by atoms with Crippen molar-refractivity contribution in [2.45, 2.75) is 38.1 Å². The zero-order valence-corrected chi connectivity index (χ0v) is 18.3. The van der Waals surface area contributed by atoms with E-state index in [4.69, 9.17) is 19.6 Å². The average molecular weight is 452 g/mol. The molecule has 1 fully saturated rings. The number of aryl methyl sites for hydroxylation is 1. The van der Waals surface area contributed by atoms with Crippen LogP contribution in [0.5, 0.6) is 0 Å². The summed E-state index contributed by atoms with van der Waals surface area (Å²) >= 11 is 0. The van der Waals surface area contributed by atoms with Crippen LogP contribution in [0.15, 0.2) is 30.5 Å². The van der Waals surface area contributed by atoms with Gasteiger partial charge in [0.15, 0.2) is 0 Å². The first-order valence-electron chi connectivity index (χ1n) is 10.2. The lowest BCUT2D eigenvalue weighted by Crippen LogP contribution is -2.40. The van der Waals surface area contributed by atoms with Crippen LogP contribution in [0.3, 0.4) is 0 Å². The van der Waals surface area contributed by atoms with E-state index in [2.05, 4.69) is 41.1 Å². The third kappa shape index (κ3) is 5.55. The van der Waals surface area contributed by atoms with Gasteiger partial charge >= 0.3 is 12.1 Å². The number of aromatic nitrogens is 2. The number of hydrogen-bond donors (Lipinski definition) is 1. The summed E-state index contributed by atoms with van der Waals surface area (Å²) in [4.78, 5) is 22.8. The quantitative estimate of drug-likeness (QED) is 0.767. The summed E-state index contributed by atoms with van der Waals surface area (Å²) < 4.78 is 37.7. The molecule has 10 heteroatoms. The number of hydrogen-bond acceptors (Lipinski definition) is 6. The summed E-state index contributed by atoms with van der Waals surface area (Å²) in [5.74, 6) is -1.97. The lowest BCUT2D eigenvalue weighted by molar-refractivity contribution is -0.192. The van der Waals surface area contributed by atoms with Crippen LogP contribution in [-0.2, 0) is 28.1 Å². The summed E-state index contributed by atoms with van der Waals surface area (Å²) in [6, 6.07) is 8.85. The second-order valence-corrected chi connectivity index (χ2v) is 8.46. The van der Waals surface area contributed by atoms with Gasteiger partial charge in [-0.1, -0.05) is 29.8 Å². The molecule has 1 atom stereocenters. The molecule has 1 unspecified atom stereocenters. The van der Waals surface area contributed by atoms with E-state index >= 15 is 0 Å². The molecule has 1 spiro atoms. The van der Waals surface area contributed by atoms with Crippen molar-refractivity contribution in [3.63, 3.8) is 0 Å². The number of halogens is 3. The molecule has 0 amide bonds. The van der Waals surface area contributed by atoms with Gasteiger partial charge in [0, 0.05) is 38.9 Å². The number of alkyl halides is 3. The van der Waals surface area contributed by atoms with Crippen LogP contribution in [0.25, 0.3) is 0 Å². The number of aliphatic carboxylic acids is 1. The smallest absolute Gasteiger partial charge is 0.475 e. The van der Waals surface area contributed by atoms with E-state index in [1.807, 2.05) is 25.2 Å². The van der Waals surface area contributed by atoms with Crippen molar-refractivity contribution in [3.05, 3.63) is 52.8 Å². The number of fused-ring (bicyclic) bond motifs is 2. The van der Waals surface area contributed by atoms with Gasteiger partial charge in [-0.3, -0.25) is 4.90 Å². The van der Waals surface area contributed by atoms with Gasteiger partial charge in [-0.25, -0.2) is 14.8 Å². The van der Waals surface area contributed by atoms with E-state index in [0.717, 1.165) is 44.2 Å². The van der Waals surface area contributed by atoms with Crippen LogP contribution in [0.4, 0.5) is 19.1 Å². The Kier molecular flexibility index (Phi) is 7.04. The number of benzene rings is 1. The van der Waals surface area contributed by atoms with Crippen molar-refractivity contribution in [1.82, 2.24) is 14.9 Å². The lowest BCUT2D eigenvalue weighted by Gasteiger charge is -2.34. The molecule has 1 N–H and O–H groups in total. The van der Waals surface area contributed by atoms with Gasteiger partial charge in [0.05, 0.1) is 24.3 Å². The minimum absolute atomic E-state index is 0.00593. The molecular weight excluding hydrogens is 425 g/mol. The van der Waals surface area contributed by atoms with Gasteiger partial charge in [-0.15, -0.1) is 0 Å². The van der Waals surface area contributed by atoms with Crippen molar-refractivity contribution < 1.29 is 27.8 Å². The fourth-order valence-corrected chi connectivity index (χ4v) is 3.96. The van der Waals surface area contributed by atoms with E-state index < -0.39 is 12.1 Å². The molecular formula is C22H27F3N4O3. The third-order valence-corrected chi connectivity index (χ3v) is 5.59. The predicted molar refractivity (Wildman–Crippen MR) is 112 cm³/mol. The van der Waals surface area contributed by atoms with Crippen LogP contribution < -0.4 is 4.90 Å². The van der Waals surface area contributed by atoms with E-state index in [9.17, 15) is 13.2 Å². The second-order valence-electron chi connectivity index (χ2n) is 8.46. The Labute approximate surface area is 184 Å². The molecule has 0 aliphatic carbocycles. The highest BCUT2D eigenvalue weighted by molar-refractivity contribution is 5.73. The topological polar surface area (TPSA) is 78.8 Å². The van der Waals surface area contributed by atoms with E-state index in [-0.39, 0.29) is 5.41 Å². The highest BCUT2D eigenvalue weighted by atomic mass is 19.4. The summed E-state index contributed by atoms with van der Waals surface area (Å²) in [5.41, 5.74) is 5.03. The Morgan fingerprint density at radius 1 is 1.28 bits per heavy atom. The number of carbonyl (C=O) groups is 1. The van der Waals surface area contributed by atoms with Crippen LogP contribution in [0, 0.1) is 6.92 Å². The summed E-state index contributed by atoms with van der Waals surface area (Å²) in [7, 11) is 3.98. The molecule has 1 saturated heterocycles. The Balaban J connectivity index is 0.000000360. The minimum Gasteiger partial charge on any atom is -0.475 e. The lowest BCUT2D eigenvalue weighted by atomic mass is 9.80. The molecule has 0 saturated carbocycles. The van der Waals surface area contributed by atoms with Gasteiger partial charge in [0.1, 0.15) is 0 Å². The van der Waals surface area contributed by atoms with E-state index in [1.165, 1.54) is 16.8 Å². The number of rotatable bonds is 3. The normalized spacial score (nSPS) is 20.4. The monoisotopic (exact) mass is 452 g/mol. The molecule has 32 heavy (non-hydrogen) atoms. The third-order valence-electron chi connectivity index (χ3n) is 5.59. The maximum Gasteiger partial charge on any atom is 0.490 e.